The van der Waals surface area contributed by atoms with Crippen LogP contribution in [-0.4, -0.2) is 87.5 Å². The zero-order valence-corrected chi connectivity index (χ0v) is 32.7. The van der Waals surface area contributed by atoms with Crippen LogP contribution < -0.4 is 5.32 Å². The van der Waals surface area contributed by atoms with Gasteiger partial charge in [0.05, 0.1) is 25.4 Å². The van der Waals surface area contributed by atoms with E-state index in [2.05, 4.69) is 92.1 Å². The average molecular weight is 744 g/mol. The Hall–Kier alpha value is -2.63. The van der Waals surface area contributed by atoms with E-state index in [4.69, 9.17) is 9.47 Å². The molecule has 6 N–H and O–H groups in total. The number of aliphatic hydroxyl groups is 5. The predicted molar refractivity (Wildman–Crippen MR) is 216 cm³/mol. The van der Waals surface area contributed by atoms with Crippen molar-refractivity contribution in [3.05, 3.63) is 85.1 Å². The number of aliphatic hydroxyl groups excluding tert-OH is 5. The van der Waals surface area contributed by atoms with Gasteiger partial charge in [-0.25, -0.2) is 0 Å². The highest BCUT2D eigenvalue weighted by atomic mass is 16.7. The molecule has 0 aliphatic carbocycles. The molecule has 1 fully saturated rings. The van der Waals surface area contributed by atoms with Crippen molar-refractivity contribution in [3.8, 4) is 0 Å². The third-order valence-corrected chi connectivity index (χ3v) is 8.98. The maximum absolute atomic E-state index is 12.8. The minimum absolute atomic E-state index is 0.203. The maximum Gasteiger partial charge on any atom is 0.220 e. The normalized spacial score (nSPS) is 22.6. The van der Waals surface area contributed by atoms with E-state index in [1.54, 1.807) is 6.08 Å². The van der Waals surface area contributed by atoms with Gasteiger partial charge in [-0.2, -0.15) is 0 Å². The molecule has 0 aromatic carbocycles. The number of unbranched alkanes of at least 4 members (excludes halogenated alkanes) is 9. The lowest BCUT2D eigenvalue weighted by molar-refractivity contribution is -0.302. The molecule has 0 aromatic rings. The summed E-state index contributed by atoms with van der Waals surface area (Å²) in [6, 6.07) is -0.814. The highest BCUT2D eigenvalue weighted by Crippen LogP contribution is 2.22. The highest BCUT2D eigenvalue weighted by Gasteiger charge is 2.44. The molecule has 0 bridgehead atoms. The van der Waals surface area contributed by atoms with Gasteiger partial charge in [-0.15, -0.1) is 0 Å². The van der Waals surface area contributed by atoms with Crippen molar-refractivity contribution in [1.29, 1.82) is 0 Å². The second-order valence-electron chi connectivity index (χ2n) is 13.7. The van der Waals surface area contributed by atoms with Crippen LogP contribution in [-0.2, 0) is 14.3 Å². The highest BCUT2D eigenvalue weighted by molar-refractivity contribution is 5.76. The van der Waals surface area contributed by atoms with E-state index in [1.165, 1.54) is 0 Å². The summed E-state index contributed by atoms with van der Waals surface area (Å²) in [7, 11) is 0. The van der Waals surface area contributed by atoms with Gasteiger partial charge in [-0.3, -0.25) is 4.79 Å². The number of ether oxygens (including phenoxy) is 2. The third kappa shape index (κ3) is 25.1. The predicted octanol–water partition coefficient (Wildman–Crippen LogP) is 7.60. The number of carbonyl (C=O) groups is 1. The van der Waals surface area contributed by atoms with Gasteiger partial charge in [0.15, 0.2) is 6.29 Å². The van der Waals surface area contributed by atoms with Gasteiger partial charge in [0.1, 0.15) is 24.4 Å². The molecule has 1 aliphatic heterocycles. The first kappa shape index (κ1) is 48.4. The molecule has 0 radical (unpaired) electrons. The Balaban J connectivity index is 2.24. The Morgan fingerprint density at radius 2 is 1.17 bits per heavy atom. The number of hydrogen-bond acceptors (Lipinski definition) is 8. The molecular weight excluding hydrogens is 670 g/mol. The number of hydrogen-bond donors (Lipinski definition) is 6. The van der Waals surface area contributed by atoms with Crippen LogP contribution in [0, 0.1) is 0 Å². The Morgan fingerprint density at radius 1 is 0.660 bits per heavy atom. The first-order valence-corrected chi connectivity index (χ1v) is 20.3. The van der Waals surface area contributed by atoms with Gasteiger partial charge in [-0.1, -0.05) is 137 Å². The Labute approximate surface area is 321 Å². The summed E-state index contributed by atoms with van der Waals surface area (Å²) in [4.78, 5) is 12.8. The van der Waals surface area contributed by atoms with Crippen molar-refractivity contribution >= 4 is 5.91 Å². The lowest BCUT2D eigenvalue weighted by Crippen LogP contribution is -2.60. The lowest BCUT2D eigenvalue weighted by Gasteiger charge is -2.40. The molecule has 1 saturated heterocycles. The van der Waals surface area contributed by atoms with Gasteiger partial charge in [0, 0.05) is 6.42 Å². The molecule has 1 heterocycles. The number of carbonyl (C=O) groups excluding carboxylic acids is 1. The molecule has 9 heteroatoms. The summed E-state index contributed by atoms with van der Waals surface area (Å²) < 4.78 is 11.1. The van der Waals surface area contributed by atoms with E-state index in [-0.39, 0.29) is 12.5 Å². The average Bonchev–Trinajstić information content (AvgIpc) is 3.16. The number of nitrogens with one attached hydrogen (secondary N) is 1. The third-order valence-electron chi connectivity index (χ3n) is 8.98. The lowest BCUT2D eigenvalue weighted by atomic mass is 9.99. The molecule has 302 valence electrons. The van der Waals surface area contributed by atoms with E-state index in [0.29, 0.717) is 6.42 Å². The smallest absolute Gasteiger partial charge is 0.220 e. The van der Waals surface area contributed by atoms with Crippen LogP contribution in [0.5, 0.6) is 0 Å². The van der Waals surface area contributed by atoms with Gasteiger partial charge >= 0.3 is 0 Å². The van der Waals surface area contributed by atoms with Crippen molar-refractivity contribution in [3.63, 3.8) is 0 Å². The van der Waals surface area contributed by atoms with Crippen molar-refractivity contribution in [1.82, 2.24) is 5.32 Å². The van der Waals surface area contributed by atoms with Crippen LogP contribution in [0.4, 0.5) is 0 Å². The van der Waals surface area contributed by atoms with Gasteiger partial charge < -0.3 is 40.3 Å². The molecule has 0 aromatic heterocycles. The van der Waals surface area contributed by atoms with E-state index < -0.39 is 49.5 Å². The van der Waals surface area contributed by atoms with E-state index >= 15 is 0 Å². The fraction of sp³-hybridized carbons (Fsp3) is 0.659. The zero-order chi connectivity index (χ0) is 38.8. The minimum Gasteiger partial charge on any atom is -0.394 e. The van der Waals surface area contributed by atoms with Crippen molar-refractivity contribution in [2.45, 2.75) is 172 Å². The van der Waals surface area contributed by atoms with E-state index in [9.17, 15) is 30.3 Å². The molecule has 1 aliphatic rings. The number of allylic oxidation sites excluding steroid dienone is 13. The Morgan fingerprint density at radius 3 is 1.74 bits per heavy atom. The van der Waals surface area contributed by atoms with Crippen LogP contribution >= 0.6 is 0 Å². The molecule has 7 atom stereocenters. The van der Waals surface area contributed by atoms with Crippen LogP contribution in [0.3, 0.4) is 0 Å². The molecule has 53 heavy (non-hydrogen) atoms. The van der Waals surface area contributed by atoms with Crippen LogP contribution in [0.15, 0.2) is 85.1 Å². The van der Waals surface area contributed by atoms with E-state index in [0.717, 1.165) is 109 Å². The molecular formula is C44H73NO8. The van der Waals surface area contributed by atoms with Crippen molar-refractivity contribution in [2.24, 2.45) is 0 Å². The van der Waals surface area contributed by atoms with Crippen molar-refractivity contribution < 1.29 is 39.8 Å². The van der Waals surface area contributed by atoms with Crippen LogP contribution in [0.1, 0.15) is 129 Å². The van der Waals surface area contributed by atoms with Crippen LogP contribution in [0.25, 0.3) is 0 Å². The Kier molecular flexibility index (Phi) is 31.0. The second-order valence-corrected chi connectivity index (χ2v) is 13.7. The van der Waals surface area contributed by atoms with Crippen molar-refractivity contribution in [2.75, 3.05) is 13.2 Å². The zero-order valence-electron chi connectivity index (χ0n) is 32.7. The second kappa shape index (κ2) is 33.9. The monoisotopic (exact) mass is 744 g/mol. The number of amides is 1. The van der Waals surface area contributed by atoms with Gasteiger partial charge in [0.25, 0.3) is 0 Å². The largest absolute Gasteiger partial charge is 0.394 e. The summed E-state index contributed by atoms with van der Waals surface area (Å²) in [5, 5.41) is 53.6. The first-order chi connectivity index (χ1) is 25.8. The fourth-order valence-electron chi connectivity index (χ4n) is 5.68. The summed E-state index contributed by atoms with van der Waals surface area (Å²) in [5.41, 5.74) is 0. The maximum atomic E-state index is 12.8. The molecule has 7 unspecified atom stereocenters. The molecule has 9 nitrogen and oxygen atoms in total. The van der Waals surface area contributed by atoms with Crippen LogP contribution in [0.2, 0.25) is 0 Å². The fourth-order valence-corrected chi connectivity index (χ4v) is 5.68. The SMILES string of the molecule is CC/C=C\C/C=C\C/C=C\C/C=C\C/C=C\C/C=C\CCCCCCCCC(=O)NC(COC1OC(CO)C(O)C(O)C1O)C(O)/C=C/CCCCC. The molecule has 1 rings (SSSR count). The summed E-state index contributed by atoms with van der Waals surface area (Å²) in [6.45, 7) is 3.50. The number of rotatable bonds is 31. The summed E-state index contributed by atoms with van der Waals surface area (Å²) in [5.74, 6) is -0.205. The van der Waals surface area contributed by atoms with Gasteiger partial charge in [0.2, 0.25) is 5.91 Å². The summed E-state index contributed by atoms with van der Waals surface area (Å²) >= 11 is 0. The van der Waals surface area contributed by atoms with Gasteiger partial charge in [-0.05, 0) is 70.6 Å². The first-order valence-electron chi connectivity index (χ1n) is 20.3. The quantitative estimate of drug-likeness (QED) is 0.0314. The Bertz CT molecular complexity index is 1090. The molecule has 1 amide bonds. The van der Waals surface area contributed by atoms with E-state index in [1.807, 2.05) is 6.08 Å². The standard InChI is InChI=1S/C44H73NO8/c1-3-5-7-9-10-11-12-13-14-15-16-17-18-19-20-21-22-23-24-25-26-27-28-30-32-34-40(48)45-37(38(47)33-31-29-8-6-4-2)36-52-44-43(51)42(50)41(49)39(35-46)53-44/h5,7,10-11,13-14,16-17,19-20,22-23,31,33,37-39,41-44,46-47,49-51H,3-4,6,8-9,12,15,18,21,24-30,32,34-36H2,1-2H3,(H,45,48)/b7-5-,11-10-,14-13-,17-16-,20-19-,23-22-,33-31+. The molecule has 0 saturated carbocycles. The molecule has 0 spiro atoms. The minimum atomic E-state index is -1.57. The topological polar surface area (TPSA) is 149 Å². The summed E-state index contributed by atoms with van der Waals surface area (Å²) in [6.07, 6.45) is 39.6.